The van der Waals surface area contributed by atoms with E-state index in [9.17, 15) is 4.79 Å². The lowest BCUT2D eigenvalue weighted by Gasteiger charge is -2.19. The van der Waals surface area contributed by atoms with E-state index < -0.39 is 16.5 Å². The number of para-hydroxylation sites is 2. The number of allylic oxidation sites excluding steroid dienone is 4. The molecule has 2 unspecified atom stereocenters. The Morgan fingerprint density at radius 2 is 1.19 bits per heavy atom. The maximum Gasteiger partial charge on any atom is 0.287 e. The molecule has 0 aromatic heterocycles. The Hall–Kier alpha value is -4.75. The van der Waals surface area contributed by atoms with E-state index in [0.29, 0.717) is 16.9 Å². The SMILES string of the molecule is C\C=C/C=C\C(=C\c1ccccc1C)OP(C)CCC.Cc1ccccc1C(=O)c1ccccc1OP(C)Oc1ccccc1-c1ccccc1C. The summed E-state index contributed by atoms with van der Waals surface area (Å²) in [4.78, 5) is 13.2. The number of carbonyl (C=O) groups excluding carboxylic acids is 1. The zero-order chi connectivity index (χ0) is 37.3. The first kappa shape index (κ1) is 40.0. The minimum Gasteiger partial charge on any atom is -0.474 e. The van der Waals surface area contributed by atoms with Crippen molar-refractivity contribution in [3.63, 3.8) is 0 Å². The molecule has 5 rings (SSSR count). The molecular weight excluding hydrogens is 678 g/mol. The lowest BCUT2D eigenvalue weighted by molar-refractivity contribution is 0.103. The molecule has 0 bridgehead atoms. The monoisotopic (exact) mass is 728 g/mol. The number of rotatable bonds is 14. The molecular formula is C46H50O4P2. The van der Waals surface area contributed by atoms with Crippen molar-refractivity contribution in [3.8, 4) is 22.6 Å². The van der Waals surface area contributed by atoms with Crippen molar-refractivity contribution in [3.05, 3.63) is 185 Å². The smallest absolute Gasteiger partial charge is 0.287 e. The van der Waals surface area contributed by atoms with Crippen LogP contribution in [0.5, 0.6) is 11.5 Å². The lowest BCUT2D eigenvalue weighted by atomic mass is 9.99. The minimum absolute atomic E-state index is 0.0533. The van der Waals surface area contributed by atoms with Crippen LogP contribution in [0.2, 0.25) is 0 Å². The maximum absolute atomic E-state index is 13.2. The number of ketones is 1. The Balaban J connectivity index is 0.000000261. The fraction of sp³-hybridized carbons (Fsp3) is 0.196. The molecule has 5 aromatic rings. The Morgan fingerprint density at radius 3 is 1.85 bits per heavy atom. The minimum atomic E-state index is -1.32. The second kappa shape index (κ2) is 20.9. The maximum atomic E-state index is 13.2. The van der Waals surface area contributed by atoms with Crippen molar-refractivity contribution in [2.24, 2.45) is 0 Å². The molecule has 0 spiro atoms. The van der Waals surface area contributed by atoms with Crippen LogP contribution < -0.4 is 9.05 Å². The second-order valence-corrected chi connectivity index (χ2v) is 15.4. The van der Waals surface area contributed by atoms with E-state index in [1.807, 2.05) is 118 Å². The summed E-state index contributed by atoms with van der Waals surface area (Å²) in [6.07, 6.45) is 12.5. The number of hydrogen-bond donors (Lipinski definition) is 0. The van der Waals surface area contributed by atoms with Gasteiger partial charge in [0, 0.05) is 24.0 Å². The number of aryl methyl sites for hydroxylation is 3. The van der Waals surface area contributed by atoms with E-state index in [0.717, 1.165) is 34.4 Å². The van der Waals surface area contributed by atoms with Crippen LogP contribution in [0.15, 0.2) is 151 Å². The predicted molar refractivity (Wildman–Crippen MR) is 224 cm³/mol. The van der Waals surface area contributed by atoms with Crippen molar-refractivity contribution >= 4 is 28.4 Å². The molecule has 0 N–H and O–H groups in total. The van der Waals surface area contributed by atoms with Gasteiger partial charge < -0.3 is 13.6 Å². The van der Waals surface area contributed by atoms with Gasteiger partial charge in [-0.3, -0.25) is 4.79 Å². The Morgan fingerprint density at radius 1 is 0.635 bits per heavy atom. The second-order valence-electron chi connectivity index (χ2n) is 12.3. The van der Waals surface area contributed by atoms with Crippen LogP contribution in [0.1, 0.15) is 58.4 Å². The first-order valence-electron chi connectivity index (χ1n) is 17.6. The third-order valence-electron chi connectivity index (χ3n) is 8.15. The van der Waals surface area contributed by atoms with Crippen molar-refractivity contribution in [2.75, 3.05) is 19.5 Å². The third kappa shape index (κ3) is 11.9. The van der Waals surface area contributed by atoms with E-state index in [1.165, 1.54) is 23.1 Å². The zero-order valence-electron chi connectivity index (χ0n) is 31.4. The van der Waals surface area contributed by atoms with Crippen LogP contribution in [0.25, 0.3) is 17.2 Å². The van der Waals surface area contributed by atoms with Gasteiger partial charge in [-0.25, -0.2) is 0 Å². The molecule has 0 saturated carbocycles. The van der Waals surface area contributed by atoms with Crippen LogP contribution in [0, 0.1) is 20.8 Å². The molecule has 0 aliphatic rings. The molecule has 4 nitrogen and oxygen atoms in total. The number of hydrogen-bond acceptors (Lipinski definition) is 4. The standard InChI is InChI=1S/C28H25O3P.C18H25OP/c1-20-12-4-6-14-22(20)24-16-8-10-18-26(24)30-32(3)31-27-19-11-9-17-25(27)28(29)23-15-7-5-13-21(23)2;1-5-7-8-13-18(19-20(4)14-6-2)15-17-12-10-9-11-16(17)3/h4-19H,1-3H3;5,7-13,15H,6,14H2,1-4H3/b;7-5-,13-8-,18-15-. The van der Waals surface area contributed by atoms with E-state index in [-0.39, 0.29) is 5.78 Å². The number of benzene rings is 5. The van der Waals surface area contributed by atoms with Crippen molar-refractivity contribution < 1.29 is 18.4 Å². The Kier molecular flexibility index (Phi) is 16.1. The highest BCUT2D eigenvalue weighted by Crippen LogP contribution is 2.43. The van der Waals surface area contributed by atoms with Gasteiger partial charge in [0.15, 0.2) is 5.78 Å². The zero-order valence-corrected chi connectivity index (χ0v) is 33.2. The fourth-order valence-electron chi connectivity index (χ4n) is 5.45. The average Bonchev–Trinajstić information content (AvgIpc) is 3.14. The van der Waals surface area contributed by atoms with Crippen molar-refractivity contribution in [1.82, 2.24) is 0 Å². The van der Waals surface area contributed by atoms with Gasteiger partial charge >= 0.3 is 0 Å². The Bertz CT molecular complexity index is 1990. The van der Waals surface area contributed by atoms with Crippen LogP contribution in [-0.2, 0) is 4.52 Å². The molecule has 5 aromatic carbocycles. The molecule has 0 heterocycles. The molecule has 0 fully saturated rings. The molecule has 0 amide bonds. The summed E-state index contributed by atoms with van der Waals surface area (Å²) in [6.45, 7) is 14.5. The Labute approximate surface area is 313 Å². The molecule has 0 aliphatic carbocycles. The van der Waals surface area contributed by atoms with Crippen LogP contribution in [0.3, 0.4) is 0 Å². The lowest BCUT2D eigenvalue weighted by Crippen LogP contribution is -2.06. The van der Waals surface area contributed by atoms with E-state index in [4.69, 9.17) is 13.6 Å². The number of carbonyl (C=O) groups is 1. The highest BCUT2D eigenvalue weighted by atomic mass is 31.2. The van der Waals surface area contributed by atoms with Gasteiger partial charge in [-0.1, -0.05) is 128 Å². The first-order chi connectivity index (χ1) is 25.2. The third-order valence-corrected chi connectivity index (χ3v) is 10.7. The summed E-state index contributed by atoms with van der Waals surface area (Å²) in [5.41, 5.74) is 7.96. The van der Waals surface area contributed by atoms with E-state index >= 15 is 0 Å². The van der Waals surface area contributed by atoms with Crippen molar-refractivity contribution in [1.29, 1.82) is 0 Å². The van der Waals surface area contributed by atoms with Crippen LogP contribution in [0.4, 0.5) is 0 Å². The molecule has 268 valence electrons. The quantitative estimate of drug-likeness (QED) is 0.0494. The molecule has 0 saturated heterocycles. The molecule has 2 atom stereocenters. The van der Waals surface area contributed by atoms with Gasteiger partial charge in [-0.05, 0) is 98.9 Å². The van der Waals surface area contributed by atoms with Gasteiger partial charge in [0.05, 0.1) is 13.7 Å². The van der Waals surface area contributed by atoms with Gasteiger partial charge in [0.25, 0.3) is 8.38 Å². The molecule has 0 radical (unpaired) electrons. The molecule has 0 aliphatic heterocycles. The normalized spacial score (nSPS) is 12.6. The summed E-state index contributed by atoms with van der Waals surface area (Å²) < 4.78 is 18.5. The topological polar surface area (TPSA) is 44.8 Å². The summed E-state index contributed by atoms with van der Waals surface area (Å²) >= 11 is 0. The summed E-state index contributed by atoms with van der Waals surface area (Å²) in [5.74, 6) is 2.18. The average molecular weight is 729 g/mol. The molecule has 6 heteroatoms. The molecule has 52 heavy (non-hydrogen) atoms. The summed E-state index contributed by atoms with van der Waals surface area (Å²) in [6, 6.07) is 39.5. The van der Waals surface area contributed by atoms with Crippen LogP contribution in [-0.4, -0.2) is 25.3 Å². The van der Waals surface area contributed by atoms with E-state index in [1.54, 1.807) is 6.07 Å². The summed E-state index contributed by atoms with van der Waals surface area (Å²) in [7, 11) is -1.71. The largest absolute Gasteiger partial charge is 0.474 e. The predicted octanol–water partition coefficient (Wildman–Crippen LogP) is 13.5. The highest BCUT2D eigenvalue weighted by molar-refractivity contribution is 7.51. The van der Waals surface area contributed by atoms with Crippen molar-refractivity contribution in [2.45, 2.75) is 41.0 Å². The van der Waals surface area contributed by atoms with Gasteiger partial charge in [0.1, 0.15) is 17.3 Å². The summed E-state index contributed by atoms with van der Waals surface area (Å²) in [5, 5.41) is 0. The fourth-order valence-corrected chi connectivity index (χ4v) is 7.56. The highest BCUT2D eigenvalue weighted by Gasteiger charge is 2.19. The first-order valence-corrected chi connectivity index (χ1v) is 21.1. The van der Waals surface area contributed by atoms with E-state index in [2.05, 4.69) is 76.0 Å². The van der Waals surface area contributed by atoms with Gasteiger partial charge in [0.2, 0.25) is 0 Å². The van der Waals surface area contributed by atoms with Crippen LogP contribution >= 0.6 is 16.5 Å². The van der Waals surface area contributed by atoms with Gasteiger partial charge in [-0.2, -0.15) is 0 Å². The van der Waals surface area contributed by atoms with Gasteiger partial charge in [-0.15, -0.1) is 0 Å².